The van der Waals surface area contributed by atoms with Crippen LogP contribution in [0.2, 0.25) is 0 Å². The summed E-state index contributed by atoms with van der Waals surface area (Å²) in [5.41, 5.74) is 1.38. The number of halogens is 2. The lowest BCUT2D eigenvalue weighted by atomic mass is 10.00. The molecule has 27 heavy (non-hydrogen) atoms. The first-order valence-electron chi connectivity index (χ1n) is 8.76. The smallest absolute Gasteiger partial charge is 0.253 e. The zero-order chi connectivity index (χ0) is 19.0. The van der Waals surface area contributed by atoms with E-state index < -0.39 is 0 Å². The predicted molar refractivity (Wildman–Crippen MR) is 108 cm³/mol. The molecule has 2 fully saturated rings. The van der Waals surface area contributed by atoms with E-state index in [1.807, 2.05) is 29.2 Å². The van der Waals surface area contributed by atoms with Crippen molar-refractivity contribution in [2.45, 2.75) is 17.7 Å². The van der Waals surface area contributed by atoms with Gasteiger partial charge in [-0.05, 0) is 55.3 Å². The van der Waals surface area contributed by atoms with Gasteiger partial charge in [0, 0.05) is 28.8 Å². The molecule has 0 N–H and O–H groups in total. The Kier molecular flexibility index (Phi) is 4.99. The molecule has 2 aromatic rings. The Morgan fingerprint density at radius 1 is 1.11 bits per heavy atom. The lowest BCUT2D eigenvalue weighted by molar-refractivity contribution is -0.116. The van der Waals surface area contributed by atoms with Gasteiger partial charge in [0.15, 0.2) is 0 Å². The Bertz CT molecular complexity index is 882. The third kappa shape index (κ3) is 3.50. The van der Waals surface area contributed by atoms with Crippen LogP contribution in [-0.4, -0.2) is 40.4 Å². The van der Waals surface area contributed by atoms with Crippen molar-refractivity contribution < 1.29 is 14.0 Å². The van der Waals surface area contributed by atoms with E-state index in [0.29, 0.717) is 37.2 Å². The highest BCUT2D eigenvalue weighted by molar-refractivity contribution is 9.10. The minimum absolute atomic E-state index is 0.00815. The molecule has 4 rings (SSSR count). The number of amides is 2. The van der Waals surface area contributed by atoms with Gasteiger partial charge >= 0.3 is 0 Å². The van der Waals surface area contributed by atoms with Crippen molar-refractivity contribution in [2.75, 3.05) is 23.7 Å². The van der Waals surface area contributed by atoms with Crippen LogP contribution in [0.4, 0.5) is 10.1 Å². The van der Waals surface area contributed by atoms with Crippen LogP contribution in [-0.2, 0) is 4.79 Å². The number of carbonyl (C=O) groups is 2. The monoisotopic (exact) mass is 448 g/mol. The molecule has 0 atom stereocenters. The Morgan fingerprint density at radius 3 is 2.48 bits per heavy atom. The summed E-state index contributed by atoms with van der Waals surface area (Å²) >= 11 is 5.03. The van der Waals surface area contributed by atoms with Crippen LogP contribution >= 0.6 is 27.7 Å². The van der Waals surface area contributed by atoms with Gasteiger partial charge in [-0.15, -0.1) is 11.8 Å². The third-order valence-corrected chi connectivity index (χ3v) is 7.12. The average Bonchev–Trinajstić information content (AvgIpc) is 2.98. The van der Waals surface area contributed by atoms with Crippen LogP contribution in [0, 0.1) is 5.82 Å². The number of likely N-dealkylation sites (tertiary alicyclic amines) is 1. The van der Waals surface area contributed by atoms with E-state index in [4.69, 9.17) is 0 Å². The molecule has 0 bridgehead atoms. The Labute approximate surface area is 169 Å². The molecule has 0 saturated carbocycles. The highest BCUT2D eigenvalue weighted by Crippen LogP contribution is 2.46. The van der Waals surface area contributed by atoms with Crippen molar-refractivity contribution in [3.63, 3.8) is 0 Å². The Morgan fingerprint density at radius 2 is 1.81 bits per heavy atom. The fourth-order valence-electron chi connectivity index (χ4n) is 3.75. The molecule has 0 radical (unpaired) electrons. The number of carbonyl (C=O) groups excluding carboxylic acids is 2. The SMILES string of the molecule is O=C(c1cccc(Br)c1)N1CCC2(CC1)SCC(=O)N2c1ccc(F)cc1. The number of piperidine rings is 1. The van der Waals surface area contributed by atoms with Crippen molar-refractivity contribution in [2.24, 2.45) is 0 Å². The maximum atomic E-state index is 13.3. The first-order valence-corrected chi connectivity index (χ1v) is 10.5. The van der Waals surface area contributed by atoms with E-state index in [0.717, 1.165) is 10.2 Å². The second-order valence-electron chi connectivity index (χ2n) is 6.74. The highest BCUT2D eigenvalue weighted by Gasteiger charge is 2.49. The number of anilines is 1. The van der Waals surface area contributed by atoms with Crippen LogP contribution in [0.15, 0.2) is 53.0 Å². The number of nitrogens with zero attached hydrogens (tertiary/aromatic N) is 2. The molecule has 7 heteroatoms. The van der Waals surface area contributed by atoms with Crippen molar-refractivity contribution >= 4 is 45.2 Å². The molecule has 2 heterocycles. The Balaban J connectivity index is 1.52. The van der Waals surface area contributed by atoms with Gasteiger partial charge in [-0.3, -0.25) is 14.5 Å². The van der Waals surface area contributed by atoms with E-state index in [1.54, 1.807) is 28.8 Å². The van der Waals surface area contributed by atoms with Crippen molar-refractivity contribution in [3.05, 3.63) is 64.4 Å². The average molecular weight is 449 g/mol. The molecule has 2 amide bonds. The number of hydrogen-bond acceptors (Lipinski definition) is 3. The second kappa shape index (κ2) is 7.28. The van der Waals surface area contributed by atoms with E-state index in [1.165, 1.54) is 12.1 Å². The first-order chi connectivity index (χ1) is 13.0. The summed E-state index contributed by atoms with van der Waals surface area (Å²) < 4.78 is 14.2. The first kappa shape index (κ1) is 18.5. The lowest BCUT2D eigenvalue weighted by Gasteiger charge is -2.44. The number of rotatable bonds is 2. The highest BCUT2D eigenvalue weighted by atomic mass is 79.9. The molecule has 140 valence electrons. The molecule has 4 nitrogen and oxygen atoms in total. The van der Waals surface area contributed by atoms with Crippen molar-refractivity contribution in [3.8, 4) is 0 Å². The summed E-state index contributed by atoms with van der Waals surface area (Å²) in [7, 11) is 0. The molecule has 0 unspecified atom stereocenters. The van der Waals surface area contributed by atoms with Crippen LogP contribution in [0.25, 0.3) is 0 Å². The Hall–Kier alpha value is -1.86. The van der Waals surface area contributed by atoms with Gasteiger partial charge in [-0.25, -0.2) is 4.39 Å². The zero-order valence-electron chi connectivity index (χ0n) is 14.5. The molecule has 0 aliphatic carbocycles. The number of thioether (sulfide) groups is 1. The quantitative estimate of drug-likeness (QED) is 0.687. The van der Waals surface area contributed by atoms with Gasteiger partial charge in [0.05, 0.1) is 10.6 Å². The van der Waals surface area contributed by atoms with Gasteiger partial charge in [0.1, 0.15) is 5.82 Å². The van der Waals surface area contributed by atoms with Gasteiger partial charge in [-0.2, -0.15) is 0 Å². The van der Waals surface area contributed by atoms with E-state index in [-0.39, 0.29) is 22.5 Å². The largest absolute Gasteiger partial charge is 0.338 e. The second-order valence-corrected chi connectivity index (χ2v) is 9.00. The van der Waals surface area contributed by atoms with Crippen LogP contribution in [0.5, 0.6) is 0 Å². The molecule has 1 spiro atoms. The summed E-state index contributed by atoms with van der Waals surface area (Å²) in [4.78, 5) is 28.6. The predicted octanol–water partition coefficient (Wildman–Crippen LogP) is 4.30. The van der Waals surface area contributed by atoms with Gasteiger partial charge in [-0.1, -0.05) is 22.0 Å². The molecule has 2 aliphatic rings. The van der Waals surface area contributed by atoms with Crippen molar-refractivity contribution in [1.29, 1.82) is 0 Å². The van der Waals surface area contributed by atoms with Gasteiger partial charge in [0.2, 0.25) is 5.91 Å². The van der Waals surface area contributed by atoms with Crippen LogP contribution in [0.3, 0.4) is 0 Å². The fraction of sp³-hybridized carbons (Fsp3) is 0.300. The lowest BCUT2D eigenvalue weighted by Crippen LogP contribution is -2.53. The topological polar surface area (TPSA) is 40.6 Å². The van der Waals surface area contributed by atoms with E-state index in [2.05, 4.69) is 15.9 Å². The summed E-state index contributed by atoms with van der Waals surface area (Å²) in [5, 5.41) is 0. The maximum absolute atomic E-state index is 13.3. The molecular formula is C20H18BrFN2O2S. The summed E-state index contributed by atoms with van der Waals surface area (Å²) in [6.45, 7) is 1.17. The molecule has 0 aromatic heterocycles. The third-order valence-electron chi connectivity index (χ3n) is 5.11. The van der Waals surface area contributed by atoms with Gasteiger partial charge in [0.25, 0.3) is 5.91 Å². The number of hydrogen-bond donors (Lipinski definition) is 0. The number of benzene rings is 2. The minimum atomic E-state index is -0.358. The molecular weight excluding hydrogens is 431 g/mol. The normalized spacial score (nSPS) is 19.0. The summed E-state index contributed by atoms with van der Waals surface area (Å²) in [5.74, 6) is 0.144. The maximum Gasteiger partial charge on any atom is 0.253 e. The zero-order valence-corrected chi connectivity index (χ0v) is 16.9. The van der Waals surface area contributed by atoms with E-state index in [9.17, 15) is 14.0 Å². The van der Waals surface area contributed by atoms with Crippen LogP contribution < -0.4 is 4.90 Å². The molecule has 2 aliphatic heterocycles. The van der Waals surface area contributed by atoms with Gasteiger partial charge < -0.3 is 4.90 Å². The standard InChI is InChI=1S/C20H18BrFN2O2S/c21-15-3-1-2-14(12-15)19(26)23-10-8-20(9-11-23)24(18(25)13-27-20)17-6-4-16(22)5-7-17/h1-7,12H,8-11,13H2. The summed E-state index contributed by atoms with van der Waals surface area (Å²) in [6.07, 6.45) is 1.39. The van der Waals surface area contributed by atoms with Crippen molar-refractivity contribution in [1.82, 2.24) is 4.90 Å². The minimum Gasteiger partial charge on any atom is -0.338 e. The van der Waals surface area contributed by atoms with E-state index >= 15 is 0 Å². The van der Waals surface area contributed by atoms with Crippen LogP contribution in [0.1, 0.15) is 23.2 Å². The fourth-order valence-corrected chi connectivity index (χ4v) is 5.48. The molecule has 2 aromatic carbocycles. The summed E-state index contributed by atoms with van der Waals surface area (Å²) in [6, 6.07) is 13.4. The molecule has 2 saturated heterocycles.